The Morgan fingerprint density at radius 2 is 2.20 bits per heavy atom. The fourth-order valence-electron chi connectivity index (χ4n) is 2.44. The minimum atomic E-state index is 0.429. The summed E-state index contributed by atoms with van der Waals surface area (Å²) in [6.07, 6.45) is 5.80. The molecule has 1 radical (unpaired) electrons. The molecular formula is C13H15N2. The summed E-state index contributed by atoms with van der Waals surface area (Å²) in [7, 11) is 0. The molecule has 0 amide bonds. The molecule has 0 aliphatic carbocycles. The first-order chi connectivity index (χ1) is 7.45. The number of H-pyrrole nitrogens is 1. The lowest BCUT2D eigenvalue weighted by Gasteiger charge is -2.22. The molecule has 15 heavy (non-hydrogen) atoms. The third-order valence-electron chi connectivity index (χ3n) is 3.22. The predicted molar refractivity (Wildman–Crippen MR) is 61.9 cm³/mol. The fourth-order valence-corrected chi connectivity index (χ4v) is 2.44. The molecule has 1 aliphatic rings. The molecule has 2 heteroatoms. The minimum Gasteiger partial charge on any atom is -0.361 e. The van der Waals surface area contributed by atoms with Crippen LogP contribution in [0.25, 0.3) is 10.9 Å². The average Bonchev–Trinajstić information content (AvgIpc) is 2.78. The van der Waals surface area contributed by atoms with Crippen LogP contribution in [0.15, 0.2) is 30.5 Å². The summed E-state index contributed by atoms with van der Waals surface area (Å²) in [5.41, 5.74) is 2.63. The topological polar surface area (TPSA) is 29.9 Å². The van der Waals surface area contributed by atoms with Crippen molar-refractivity contribution in [1.29, 1.82) is 0 Å². The predicted octanol–water partition coefficient (Wildman–Crippen LogP) is 3.00. The van der Waals surface area contributed by atoms with E-state index in [9.17, 15) is 0 Å². The second kappa shape index (κ2) is 3.70. The van der Waals surface area contributed by atoms with Crippen LogP contribution in [-0.2, 0) is 0 Å². The number of piperidine rings is 1. The van der Waals surface area contributed by atoms with E-state index in [0.29, 0.717) is 6.04 Å². The van der Waals surface area contributed by atoms with Crippen LogP contribution in [0, 0.1) is 0 Å². The number of hydrogen-bond acceptors (Lipinski definition) is 0. The highest BCUT2D eigenvalue weighted by molar-refractivity contribution is 5.83. The molecule has 1 fully saturated rings. The molecule has 1 aliphatic heterocycles. The van der Waals surface area contributed by atoms with Crippen LogP contribution in [0.1, 0.15) is 30.9 Å². The summed E-state index contributed by atoms with van der Waals surface area (Å²) in [6.45, 7) is 1.03. The van der Waals surface area contributed by atoms with Crippen molar-refractivity contribution in [2.75, 3.05) is 6.54 Å². The highest BCUT2D eigenvalue weighted by atomic mass is 14.9. The molecule has 1 aromatic carbocycles. The second-order valence-corrected chi connectivity index (χ2v) is 4.20. The first-order valence-corrected chi connectivity index (χ1v) is 5.68. The van der Waals surface area contributed by atoms with Gasteiger partial charge in [0.2, 0.25) is 0 Å². The van der Waals surface area contributed by atoms with Gasteiger partial charge < -0.3 is 4.98 Å². The molecule has 1 unspecified atom stereocenters. The van der Waals surface area contributed by atoms with Crippen molar-refractivity contribution in [3.63, 3.8) is 0 Å². The second-order valence-electron chi connectivity index (χ2n) is 4.20. The van der Waals surface area contributed by atoms with Crippen LogP contribution >= 0.6 is 0 Å². The van der Waals surface area contributed by atoms with Crippen molar-refractivity contribution >= 4 is 10.9 Å². The maximum atomic E-state index is 4.72. The van der Waals surface area contributed by atoms with Gasteiger partial charge in [0.05, 0.1) is 6.04 Å². The number of benzene rings is 1. The molecule has 1 saturated heterocycles. The summed E-state index contributed by atoms with van der Waals surface area (Å²) < 4.78 is 0. The molecular weight excluding hydrogens is 184 g/mol. The molecule has 0 spiro atoms. The molecule has 2 nitrogen and oxygen atoms in total. The van der Waals surface area contributed by atoms with Crippen LogP contribution in [0.4, 0.5) is 0 Å². The van der Waals surface area contributed by atoms with E-state index in [4.69, 9.17) is 5.32 Å². The summed E-state index contributed by atoms with van der Waals surface area (Å²) >= 11 is 0. The maximum absolute atomic E-state index is 4.72. The normalized spacial score (nSPS) is 22.0. The Hall–Kier alpha value is -1.28. The van der Waals surface area contributed by atoms with Gasteiger partial charge in [-0.3, -0.25) is 0 Å². The number of rotatable bonds is 1. The van der Waals surface area contributed by atoms with Gasteiger partial charge in [0, 0.05) is 23.6 Å². The van der Waals surface area contributed by atoms with E-state index in [1.54, 1.807) is 0 Å². The lowest BCUT2D eigenvalue weighted by Crippen LogP contribution is -2.20. The van der Waals surface area contributed by atoms with Gasteiger partial charge in [0.1, 0.15) is 0 Å². The number of hydrogen-bond donors (Lipinski definition) is 1. The van der Waals surface area contributed by atoms with E-state index >= 15 is 0 Å². The van der Waals surface area contributed by atoms with Crippen LogP contribution < -0.4 is 5.32 Å². The number of aromatic nitrogens is 1. The fraction of sp³-hybridized carbons (Fsp3) is 0.385. The van der Waals surface area contributed by atoms with Crippen LogP contribution in [0.5, 0.6) is 0 Å². The molecule has 77 valence electrons. The van der Waals surface area contributed by atoms with E-state index in [0.717, 1.165) is 6.54 Å². The summed E-state index contributed by atoms with van der Waals surface area (Å²) in [5.74, 6) is 0. The van der Waals surface area contributed by atoms with Gasteiger partial charge >= 0.3 is 0 Å². The third kappa shape index (κ3) is 1.55. The highest BCUT2D eigenvalue weighted by Gasteiger charge is 2.17. The number of nitrogens with one attached hydrogen (secondary N) is 1. The summed E-state index contributed by atoms with van der Waals surface area (Å²) in [4.78, 5) is 3.26. The lowest BCUT2D eigenvalue weighted by atomic mass is 9.95. The highest BCUT2D eigenvalue weighted by Crippen LogP contribution is 2.29. The van der Waals surface area contributed by atoms with Gasteiger partial charge in [0.15, 0.2) is 0 Å². The summed E-state index contributed by atoms with van der Waals surface area (Å²) in [5, 5.41) is 6.06. The molecule has 1 atom stereocenters. The van der Waals surface area contributed by atoms with Crippen LogP contribution in [-0.4, -0.2) is 11.5 Å². The molecule has 3 rings (SSSR count). The van der Waals surface area contributed by atoms with Gasteiger partial charge in [-0.15, -0.1) is 0 Å². The number of aromatic amines is 1. The smallest absolute Gasteiger partial charge is 0.0502 e. The molecule has 0 bridgehead atoms. The van der Waals surface area contributed by atoms with Crippen molar-refractivity contribution in [3.05, 3.63) is 36.0 Å². The quantitative estimate of drug-likeness (QED) is 0.731. The van der Waals surface area contributed by atoms with E-state index in [1.807, 2.05) is 6.20 Å². The number of nitrogens with zero attached hydrogens (tertiary/aromatic N) is 1. The first kappa shape index (κ1) is 8.98. The molecule has 1 N–H and O–H groups in total. The van der Waals surface area contributed by atoms with E-state index < -0.39 is 0 Å². The van der Waals surface area contributed by atoms with Gasteiger partial charge in [-0.25, -0.2) is 5.32 Å². The van der Waals surface area contributed by atoms with Gasteiger partial charge in [-0.05, 0) is 30.5 Å². The van der Waals surface area contributed by atoms with Gasteiger partial charge in [-0.2, -0.15) is 0 Å². The average molecular weight is 199 g/mol. The third-order valence-corrected chi connectivity index (χ3v) is 3.22. The van der Waals surface area contributed by atoms with Gasteiger partial charge in [-0.1, -0.05) is 18.6 Å². The number of fused-ring (bicyclic) bond motifs is 1. The van der Waals surface area contributed by atoms with Crippen molar-refractivity contribution in [2.45, 2.75) is 25.3 Å². The van der Waals surface area contributed by atoms with E-state index in [2.05, 4.69) is 29.2 Å². The monoisotopic (exact) mass is 199 g/mol. The largest absolute Gasteiger partial charge is 0.361 e. The Bertz CT molecular complexity index is 452. The zero-order chi connectivity index (χ0) is 10.1. The molecule has 2 heterocycles. The van der Waals surface area contributed by atoms with Crippen molar-refractivity contribution in [1.82, 2.24) is 10.3 Å². The maximum Gasteiger partial charge on any atom is 0.0502 e. The molecule has 2 aromatic rings. The molecule has 1 aromatic heterocycles. The Morgan fingerprint density at radius 3 is 3.07 bits per heavy atom. The van der Waals surface area contributed by atoms with Gasteiger partial charge in [0.25, 0.3) is 0 Å². The van der Waals surface area contributed by atoms with E-state index in [-0.39, 0.29) is 0 Å². The van der Waals surface area contributed by atoms with Crippen LogP contribution in [0.2, 0.25) is 0 Å². The first-order valence-electron chi connectivity index (χ1n) is 5.68. The standard InChI is InChI=1S/C13H15N2/c1-2-8-14-12(5-1)10-4-3-6-13-11(10)7-9-15-13/h3-4,6-7,9,12,15H,1-2,5,8H2. The van der Waals surface area contributed by atoms with Crippen molar-refractivity contribution in [2.24, 2.45) is 0 Å². The zero-order valence-corrected chi connectivity index (χ0v) is 8.74. The van der Waals surface area contributed by atoms with E-state index in [1.165, 1.54) is 35.7 Å². The zero-order valence-electron chi connectivity index (χ0n) is 8.74. The lowest BCUT2D eigenvalue weighted by molar-refractivity contribution is 0.405. The Labute approximate surface area is 89.7 Å². The molecule has 0 saturated carbocycles. The Kier molecular flexibility index (Phi) is 2.22. The Balaban J connectivity index is 2.05. The SMILES string of the molecule is c1cc(C2CCCC[N]2)c2cc[nH]c2c1. The Morgan fingerprint density at radius 1 is 1.20 bits per heavy atom. The van der Waals surface area contributed by atoms with Crippen LogP contribution in [0.3, 0.4) is 0 Å². The summed E-state index contributed by atoms with van der Waals surface area (Å²) in [6, 6.07) is 9.06. The minimum absolute atomic E-state index is 0.429. The van der Waals surface area contributed by atoms with Crippen molar-refractivity contribution in [3.8, 4) is 0 Å². The van der Waals surface area contributed by atoms with Crippen molar-refractivity contribution < 1.29 is 0 Å².